The Kier molecular flexibility index (Phi) is 5.04. The van der Waals surface area contributed by atoms with Crippen LogP contribution < -0.4 is 9.05 Å². The van der Waals surface area contributed by atoms with E-state index in [0.717, 1.165) is 0 Å². The predicted octanol–water partition coefficient (Wildman–Crippen LogP) is 5.61. The highest BCUT2D eigenvalue weighted by Crippen LogP contribution is 2.53. The van der Waals surface area contributed by atoms with E-state index in [4.69, 9.17) is 44.1 Å². The number of halogens is 2. The van der Waals surface area contributed by atoms with Crippen molar-refractivity contribution in [1.82, 2.24) is 0 Å². The molecule has 0 spiro atoms. The summed E-state index contributed by atoms with van der Waals surface area (Å²) in [5.41, 5.74) is -2.72. The second kappa shape index (κ2) is 6.38. The maximum atomic E-state index is 5.79. The third-order valence-electron chi connectivity index (χ3n) is 2.07. The molecule has 0 heterocycles. The third-order valence-corrected chi connectivity index (χ3v) is 4.39. The van der Waals surface area contributed by atoms with Crippen molar-refractivity contribution in [2.24, 2.45) is 0 Å². The molecule has 100 valence electrons. The molecule has 0 N–H and O–H groups in total. The van der Waals surface area contributed by atoms with Crippen LogP contribution >= 0.6 is 41.1 Å². The maximum absolute atomic E-state index is 5.79. The van der Waals surface area contributed by atoms with Crippen molar-refractivity contribution in [2.75, 3.05) is 0 Å². The molecule has 0 saturated carbocycles. The topological polar surface area (TPSA) is 18.5 Å². The molecule has 0 aliphatic rings. The summed E-state index contributed by atoms with van der Waals surface area (Å²) in [7, 11) is 0. The van der Waals surface area contributed by atoms with Crippen LogP contribution in [0.1, 0.15) is 0 Å². The standard InChI is InChI=1S/C12H9Cl2O2PS2/c13-9-1-5-11(6-2-9)15-17(18,19)16-12-7-3-10(14)4-8-12/h1-8H,(H,18,19). The van der Waals surface area contributed by atoms with Gasteiger partial charge in [0, 0.05) is 10.0 Å². The molecule has 2 nitrogen and oxygen atoms in total. The monoisotopic (exact) mass is 350 g/mol. The molecule has 0 atom stereocenters. The van der Waals surface area contributed by atoms with Crippen molar-refractivity contribution >= 4 is 53.0 Å². The second-order valence-corrected chi connectivity index (χ2v) is 9.57. The summed E-state index contributed by atoms with van der Waals surface area (Å²) in [5.74, 6) is 1.13. The first-order valence-electron chi connectivity index (χ1n) is 5.18. The Hall–Kier alpha value is -0.380. The summed E-state index contributed by atoms with van der Waals surface area (Å²) in [6.07, 6.45) is 0. The number of thiol groups is 1. The molecular formula is C12H9Cl2O2PS2. The second-order valence-electron chi connectivity index (χ2n) is 3.56. The van der Waals surface area contributed by atoms with Gasteiger partial charge in [-0.1, -0.05) is 35.5 Å². The van der Waals surface area contributed by atoms with Crippen LogP contribution in [0.4, 0.5) is 0 Å². The van der Waals surface area contributed by atoms with Gasteiger partial charge in [-0.25, -0.2) is 0 Å². The first-order chi connectivity index (χ1) is 8.94. The van der Waals surface area contributed by atoms with E-state index in [9.17, 15) is 0 Å². The van der Waals surface area contributed by atoms with Crippen LogP contribution in [-0.2, 0) is 11.8 Å². The minimum atomic E-state index is -2.72. The van der Waals surface area contributed by atoms with Crippen LogP contribution in [-0.4, -0.2) is 0 Å². The van der Waals surface area contributed by atoms with E-state index in [-0.39, 0.29) is 0 Å². The minimum absolute atomic E-state index is 0.566. The van der Waals surface area contributed by atoms with E-state index in [1.165, 1.54) is 0 Å². The zero-order valence-corrected chi connectivity index (χ0v) is 13.6. The molecule has 19 heavy (non-hydrogen) atoms. The van der Waals surface area contributed by atoms with Gasteiger partial charge in [-0.05, 0) is 60.3 Å². The molecule has 0 aliphatic carbocycles. The fourth-order valence-corrected chi connectivity index (χ4v) is 3.42. The van der Waals surface area contributed by atoms with Gasteiger partial charge in [0.25, 0.3) is 0 Å². The van der Waals surface area contributed by atoms with Gasteiger partial charge < -0.3 is 9.05 Å². The minimum Gasteiger partial charge on any atom is -0.428 e. The van der Waals surface area contributed by atoms with E-state index in [2.05, 4.69) is 12.2 Å². The average molecular weight is 351 g/mol. The van der Waals surface area contributed by atoms with Gasteiger partial charge in [0.2, 0.25) is 0 Å². The molecule has 0 radical (unpaired) electrons. The first-order valence-corrected chi connectivity index (χ1v) is 9.72. The first kappa shape index (κ1) is 15.0. The molecular weight excluding hydrogens is 342 g/mol. The summed E-state index contributed by atoms with van der Waals surface area (Å²) in [6.45, 7) is 0. The summed E-state index contributed by atoms with van der Waals surface area (Å²) in [4.78, 5) is 0. The van der Waals surface area contributed by atoms with Gasteiger partial charge in [-0.2, -0.15) is 0 Å². The molecule has 0 saturated heterocycles. The highest BCUT2D eigenvalue weighted by Gasteiger charge is 2.16. The Morgan fingerprint density at radius 1 is 0.789 bits per heavy atom. The molecule has 7 heteroatoms. The highest BCUT2D eigenvalue weighted by atomic mass is 35.5. The van der Waals surface area contributed by atoms with E-state index in [0.29, 0.717) is 21.5 Å². The molecule has 2 rings (SSSR count). The van der Waals surface area contributed by atoms with Crippen molar-refractivity contribution in [3.05, 3.63) is 58.6 Å². The Balaban J connectivity index is 2.08. The fraction of sp³-hybridized carbons (Fsp3) is 0. The molecule has 2 aromatic rings. The molecule has 0 aliphatic heterocycles. The fourth-order valence-electron chi connectivity index (χ4n) is 1.28. The highest BCUT2D eigenvalue weighted by molar-refractivity contribution is 8.60. The van der Waals surface area contributed by atoms with Crippen molar-refractivity contribution in [3.63, 3.8) is 0 Å². The zero-order chi connectivity index (χ0) is 13.9. The molecule has 0 unspecified atom stereocenters. The Morgan fingerprint density at radius 3 is 1.42 bits per heavy atom. The van der Waals surface area contributed by atoms with Gasteiger partial charge >= 0.3 is 5.69 Å². The lowest BCUT2D eigenvalue weighted by molar-refractivity contribution is 0.507. The summed E-state index contributed by atoms with van der Waals surface area (Å²) < 4.78 is 11.1. The lowest BCUT2D eigenvalue weighted by Gasteiger charge is -2.18. The lowest BCUT2D eigenvalue weighted by atomic mass is 10.3. The van der Waals surface area contributed by atoms with Crippen LogP contribution in [0.15, 0.2) is 48.5 Å². The van der Waals surface area contributed by atoms with Crippen molar-refractivity contribution < 1.29 is 9.05 Å². The Morgan fingerprint density at radius 2 is 1.11 bits per heavy atom. The van der Waals surface area contributed by atoms with Crippen LogP contribution in [0, 0.1) is 0 Å². The van der Waals surface area contributed by atoms with Crippen molar-refractivity contribution in [1.29, 1.82) is 0 Å². The van der Waals surface area contributed by atoms with Crippen LogP contribution in [0.3, 0.4) is 0 Å². The van der Waals surface area contributed by atoms with Gasteiger partial charge in [0.05, 0.1) is 0 Å². The predicted molar refractivity (Wildman–Crippen MR) is 87.4 cm³/mol. The smallest absolute Gasteiger partial charge is 0.345 e. The Bertz CT molecular complexity index is 551. The lowest BCUT2D eigenvalue weighted by Crippen LogP contribution is -1.94. The van der Waals surface area contributed by atoms with Crippen molar-refractivity contribution in [3.8, 4) is 11.5 Å². The van der Waals surface area contributed by atoms with Crippen LogP contribution in [0.5, 0.6) is 11.5 Å². The van der Waals surface area contributed by atoms with Gasteiger partial charge in [-0.3, -0.25) is 0 Å². The summed E-state index contributed by atoms with van der Waals surface area (Å²) in [6, 6.07) is 13.7. The average Bonchev–Trinajstić information content (AvgIpc) is 2.34. The quantitative estimate of drug-likeness (QED) is 0.571. The van der Waals surface area contributed by atoms with E-state index < -0.39 is 5.69 Å². The third kappa shape index (κ3) is 4.90. The number of hydrogen-bond acceptors (Lipinski definition) is 3. The van der Waals surface area contributed by atoms with E-state index >= 15 is 0 Å². The molecule has 0 fully saturated rings. The Labute approximate surface area is 132 Å². The molecule has 0 aromatic heterocycles. The summed E-state index contributed by atoms with van der Waals surface area (Å²) >= 11 is 21.1. The normalized spacial score (nSPS) is 11.1. The van der Waals surface area contributed by atoms with Crippen molar-refractivity contribution in [2.45, 2.75) is 0 Å². The van der Waals surface area contributed by atoms with E-state index in [1.807, 2.05) is 0 Å². The molecule has 2 aromatic carbocycles. The number of rotatable bonds is 4. The number of hydrogen-bond donors (Lipinski definition) is 1. The van der Waals surface area contributed by atoms with Gasteiger partial charge in [-0.15, -0.1) is 0 Å². The van der Waals surface area contributed by atoms with Gasteiger partial charge in [0.15, 0.2) is 0 Å². The van der Waals surface area contributed by atoms with E-state index in [1.54, 1.807) is 48.5 Å². The summed E-state index contributed by atoms with van der Waals surface area (Å²) in [5, 5.41) is 1.25. The maximum Gasteiger partial charge on any atom is 0.345 e. The largest absolute Gasteiger partial charge is 0.428 e. The van der Waals surface area contributed by atoms with Crippen LogP contribution in [0.25, 0.3) is 0 Å². The number of benzene rings is 2. The SMILES string of the molecule is S=P(S)(Oc1ccc(Cl)cc1)Oc1ccc(Cl)cc1. The zero-order valence-electron chi connectivity index (χ0n) is 9.49. The molecule has 0 amide bonds. The van der Waals surface area contributed by atoms with Gasteiger partial charge in [0.1, 0.15) is 11.5 Å². The molecule has 0 bridgehead atoms. The van der Waals surface area contributed by atoms with Crippen LogP contribution in [0.2, 0.25) is 10.0 Å².